The lowest BCUT2D eigenvalue weighted by molar-refractivity contribution is 0.0954. The molecular formula is C34H27ClN4O. The highest BCUT2D eigenvalue weighted by Gasteiger charge is 2.21. The number of fused-ring (bicyclic) bond motifs is 1. The van der Waals surface area contributed by atoms with Gasteiger partial charge in [0.1, 0.15) is 0 Å². The standard InChI is InChI=1S/C34H27ClN4O/c35-28-17-18-29-31(22-28)36-21-19-32(29)39-33(27-15-13-26(14-16-27)25-11-5-2-6-12-25)30(23-38-39)34(40)37-20-7-10-24-8-3-1-4-9-24/h1-6,8-9,11-19,21-23H,7,10,20H2,(H,37,40). The number of hydrogen-bond acceptors (Lipinski definition) is 3. The molecule has 40 heavy (non-hydrogen) atoms. The van der Waals surface area contributed by atoms with E-state index in [0.29, 0.717) is 17.1 Å². The molecule has 0 unspecified atom stereocenters. The predicted molar refractivity (Wildman–Crippen MR) is 162 cm³/mol. The van der Waals surface area contributed by atoms with Crippen molar-refractivity contribution in [3.63, 3.8) is 0 Å². The van der Waals surface area contributed by atoms with Gasteiger partial charge in [-0.15, -0.1) is 0 Å². The van der Waals surface area contributed by atoms with Gasteiger partial charge in [-0.1, -0.05) is 96.5 Å². The summed E-state index contributed by atoms with van der Waals surface area (Å²) >= 11 is 6.24. The van der Waals surface area contributed by atoms with E-state index in [2.05, 4.69) is 46.7 Å². The quantitative estimate of drug-likeness (QED) is 0.200. The van der Waals surface area contributed by atoms with Crippen LogP contribution < -0.4 is 5.32 Å². The van der Waals surface area contributed by atoms with Gasteiger partial charge in [0.05, 0.1) is 28.7 Å². The molecule has 4 aromatic carbocycles. The second-order valence-corrected chi connectivity index (χ2v) is 10.0. The van der Waals surface area contributed by atoms with Gasteiger partial charge in [-0.05, 0) is 53.8 Å². The van der Waals surface area contributed by atoms with Gasteiger partial charge < -0.3 is 5.32 Å². The Morgan fingerprint density at radius 1 is 0.800 bits per heavy atom. The molecule has 0 aliphatic heterocycles. The van der Waals surface area contributed by atoms with Crippen molar-refractivity contribution in [3.05, 3.63) is 138 Å². The summed E-state index contributed by atoms with van der Waals surface area (Å²) in [6.07, 6.45) is 5.14. The van der Waals surface area contributed by atoms with E-state index in [4.69, 9.17) is 16.7 Å². The highest BCUT2D eigenvalue weighted by atomic mass is 35.5. The first-order valence-corrected chi connectivity index (χ1v) is 13.7. The number of nitrogens with one attached hydrogen (secondary N) is 1. The van der Waals surface area contributed by atoms with E-state index in [0.717, 1.165) is 51.8 Å². The molecule has 0 saturated heterocycles. The molecule has 0 spiro atoms. The number of amides is 1. The van der Waals surface area contributed by atoms with Crippen LogP contribution in [0, 0.1) is 0 Å². The Morgan fingerprint density at radius 2 is 1.50 bits per heavy atom. The van der Waals surface area contributed by atoms with Gasteiger partial charge in [-0.3, -0.25) is 9.78 Å². The Balaban J connectivity index is 1.36. The number of hydrogen-bond donors (Lipinski definition) is 1. The summed E-state index contributed by atoms with van der Waals surface area (Å²) in [4.78, 5) is 18.0. The minimum atomic E-state index is -0.150. The van der Waals surface area contributed by atoms with Crippen LogP contribution in [0.5, 0.6) is 0 Å². The van der Waals surface area contributed by atoms with Crippen LogP contribution in [0.3, 0.4) is 0 Å². The molecular weight excluding hydrogens is 516 g/mol. The lowest BCUT2D eigenvalue weighted by Gasteiger charge is -2.13. The number of carbonyl (C=O) groups excluding carboxylic acids is 1. The number of aromatic nitrogens is 3. The van der Waals surface area contributed by atoms with Crippen LogP contribution in [0.4, 0.5) is 0 Å². The Bertz CT molecular complexity index is 1760. The first kappa shape index (κ1) is 25.5. The van der Waals surface area contributed by atoms with Crippen molar-refractivity contribution < 1.29 is 4.79 Å². The smallest absolute Gasteiger partial charge is 0.255 e. The van der Waals surface area contributed by atoms with Gasteiger partial charge in [-0.2, -0.15) is 5.10 Å². The third-order valence-corrected chi connectivity index (χ3v) is 7.19. The van der Waals surface area contributed by atoms with Crippen molar-refractivity contribution >= 4 is 28.4 Å². The van der Waals surface area contributed by atoms with Gasteiger partial charge in [0, 0.05) is 28.7 Å². The summed E-state index contributed by atoms with van der Waals surface area (Å²) in [6.45, 7) is 0.571. The summed E-state index contributed by atoms with van der Waals surface area (Å²) in [5, 5.41) is 9.32. The number of nitrogens with zero attached hydrogens (tertiary/aromatic N) is 3. The van der Waals surface area contributed by atoms with E-state index in [1.807, 2.05) is 77.5 Å². The van der Waals surface area contributed by atoms with E-state index in [1.54, 1.807) is 12.4 Å². The van der Waals surface area contributed by atoms with Crippen molar-refractivity contribution in [1.82, 2.24) is 20.1 Å². The van der Waals surface area contributed by atoms with Crippen LogP contribution in [-0.2, 0) is 6.42 Å². The van der Waals surface area contributed by atoms with Crippen molar-refractivity contribution in [3.8, 4) is 28.1 Å². The van der Waals surface area contributed by atoms with Crippen molar-refractivity contribution in [1.29, 1.82) is 0 Å². The summed E-state index contributed by atoms with van der Waals surface area (Å²) < 4.78 is 1.83. The van der Waals surface area contributed by atoms with Gasteiger partial charge in [0.25, 0.3) is 5.91 Å². The highest BCUT2D eigenvalue weighted by molar-refractivity contribution is 6.31. The highest BCUT2D eigenvalue weighted by Crippen LogP contribution is 2.32. The average Bonchev–Trinajstić information content (AvgIpc) is 3.45. The van der Waals surface area contributed by atoms with E-state index in [-0.39, 0.29) is 5.91 Å². The zero-order valence-corrected chi connectivity index (χ0v) is 22.6. The molecule has 0 radical (unpaired) electrons. The Kier molecular flexibility index (Phi) is 7.38. The predicted octanol–water partition coefficient (Wildman–Crippen LogP) is 7.77. The Labute approximate surface area is 238 Å². The Morgan fingerprint density at radius 3 is 2.27 bits per heavy atom. The van der Waals surface area contributed by atoms with Crippen LogP contribution in [-0.4, -0.2) is 27.2 Å². The fourth-order valence-electron chi connectivity index (χ4n) is 4.95. The molecule has 0 atom stereocenters. The molecule has 0 bridgehead atoms. The number of pyridine rings is 1. The molecule has 0 fully saturated rings. The molecule has 0 aliphatic carbocycles. The normalized spacial score (nSPS) is 11.0. The first-order chi connectivity index (χ1) is 19.7. The molecule has 1 N–H and O–H groups in total. The van der Waals surface area contributed by atoms with Crippen LogP contribution in [0.25, 0.3) is 39.0 Å². The van der Waals surface area contributed by atoms with E-state index >= 15 is 0 Å². The molecule has 2 heterocycles. The number of aryl methyl sites for hydroxylation is 1. The zero-order valence-electron chi connectivity index (χ0n) is 21.8. The minimum absolute atomic E-state index is 0.150. The monoisotopic (exact) mass is 542 g/mol. The maximum atomic E-state index is 13.5. The van der Waals surface area contributed by atoms with Crippen LogP contribution in [0.1, 0.15) is 22.3 Å². The molecule has 6 heteroatoms. The topological polar surface area (TPSA) is 59.8 Å². The number of halogens is 1. The summed E-state index contributed by atoms with van der Waals surface area (Å²) in [5.74, 6) is -0.150. The second-order valence-electron chi connectivity index (χ2n) is 9.60. The van der Waals surface area contributed by atoms with Crippen LogP contribution >= 0.6 is 11.6 Å². The van der Waals surface area contributed by atoms with Crippen LogP contribution in [0.15, 0.2) is 122 Å². The number of benzene rings is 4. The van der Waals surface area contributed by atoms with Crippen molar-refractivity contribution in [2.45, 2.75) is 12.8 Å². The Hall–Kier alpha value is -4.74. The summed E-state index contributed by atoms with van der Waals surface area (Å²) in [5.41, 5.74) is 7.22. The molecule has 6 aromatic rings. The van der Waals surface area contributed by atoms with E-state index < -0.39 is 0 Å². The molecule has 0 saturated carbocycles. The summed E-state index contributed by atoms with van der Waals surface area (Å²) in [6, 6.07) is 36.3. The number of carbonyl (C=O) groups is 1. The molecule has 1 amide bonds. The van der Waals surface area contributed by atoms with E-state index in [9.17, 15) is 4.79 Å². The zero-order chi connectivity index (χ0) is 27.3. The van der Waals surface area contributed by atoms with Gasteiger partial charge >= 0.3 is 0 Å². The maximum Gasteiger partial charge on any atom is 0.255 e. The third kappa shape index (κ3) is 5.37. The maximum absolute atomic E-state index is 13.5. The molecule has 2 aromatic heterocycles. The third-order valence-electron chi connectivity index (χ3n) is 6.96. The van der Waals surface area contributed by atoms with Crippen molar-refractivity contribution in [2.75, 3.05) is 6.54 Å². The van der Waals surface area contributed by atoms with Crippen LogP contribution in [0.2, 0.25) is 5.02 Å². The first-order valence-electron chi connectivity index (χ1n) is 13.3. The van der Waals surface area contributed by atoms with Gasteiger partial charge in [-0.25, -0.2) is 4.68 Å². The lowest BCUT2D eigenvalue weighted by Crippen LogP contribution is -2.25. The fourth-order valence-corrected chi connectivity index (χ4v) is 5.12. The number of rotatable bonds is 8. The largest absolute Gasteiger partial charge is 0.352 e. The average molecular weight is 543 g/mol. The molecule has 5 nitrogen and oxygen atoms in total. The van der Waals surface area contributed by atoms with E-state index in [1.165, 1.54) is 5.56 Å². The molecule has 0 aliphatic rings. The fraction of sp³-hybridized carbons (Fsp3) is 0.0882. The van der Waals surface area contributed by atoms with Gasteiger partial charge in [0.15, 0.2) is 0 Å². The SMILES string of the molecule is O=C(NCCCc1ccccc1)c1cnn(-c2ccnc3cc(Cl)ccc23)c1-c1ccc(-c2ccccc2)cc1. The lowest BCUT2D eigenvalue weighted by atomic mass is 10.0. The second kappa shape index (κ2) is 11.6. The molecule has 196 valence electrons. The van der Waals surface area contributed by atoms with Crippen molar-refractivity contribution in [2.24, 2.45) is 0 Å². The minimum Gasteiger partial charge on any atom is -0.352 e. The molecule has 6 rings (SSSR count). The van der Waals surface area contributed by atoms with Gasteiger partial charge in [0.2, 0.25) is 0 Å². The summed E-state index contributed by atoms with van der Waals surface area (Å²) in [7, 11) is 0.